The van der Waals surface area contributed by atoms with E-state index in [1.807, 2.05) is 30.3 Å². The van der Waals surface area contributed by atoms with Crippen LogP contribution in [-0.2, 0) is 25.7 Å². The lowest BCUT2D eigenvalue weighted by Gasteiger charge is -2.31. The summed E-state index contributed by atoms with van der Waals surface area (Å²) < 4.78 is 10.4. The Morgan fingerprint density at radius 1 is 1.24 bits per heavy atom. The molecule has 0 unspecified atom stereocenters. The number of ketones is 1. The van der Waals surface area contributed by atoms with Crippen LogP contribution in [0, 0.1) is 11.3 Å². The minimum atomic E-state index is -1.36. The Labute approximate surface area is 154 Å². The van der Waals surface area contributed by atoms with Gasteiger partial charge in [0.25, 0.3) is 0 Å². The Hall–Kier alpha value is -1.43. The van der Waals surface area contributed by atoms with Gasteiger partial charge in [0.1, 0.15) is 5.41 Å². The maximum absolute atomic E-state index is 12.8. The van der Waals surface area contributed by atoms with Gasteiger partial charge in [-0.3, -0.25) is 9.59 Å². The number of Topliss-reactive ketones (excluding diaryl/α,β-unsaturated/α-hetero) is 1. The first kappa shape index (κ1) is 21.6. The molecule has 5 nitrogen and oxygen atoms in total. The zero-order valence-corrected chi connectivity index (χ0v) is 16.0. The van der Waals surface area contributed by atoms with Crippen molar-refractivity contribution in [3.05, 3.63) is 35.9 Å². The molecule has 0 saturated carbocycles. The molecule has 1 N–H and O–H groups in total. The molecule has 0 fully saturated rings. The van der Waals surface area contributed by atoms with E-state index in [1.165, 1.54) is 21.0 Å². The summed E-state index contributed by atoms with van der Waals surface area (Å²) in [5, 5.41) is 10.6. The zero-order valence-electron chi connectivity index (χ0n) is 15.2. The number of alkyl halides is 1. The molecule has 0 aliphatic heterocycles. The highest BCUT2D eigenvalue weighted by atomic mass is 35.5. The van der Waals surface area contributed by atoms with Crippen LogP contribution in [0.1, 0.15) is 32.8 Å². The molecule has 3 atom stereocenters. The van der Waals surface area contributed by atoms with E-state index in [9.17, 15) is 14.7 Å². The molecule has 1 rings (SSSR count). The Bertz CT molecular complexity index is 558. The number of carbonyl (C=O) groups is 2. The molecular weight excluding hydrogens is 344 g/mol. The minimum absolute atomic E-state index is 0.191. The van der Waals surface area contributed by atoms with Crippen molar-refractivity contribution in [1.29, 1.82) is 0 Å². The van der Waals surface area contributed by atoms with Gasteiger partial charge in [0.15, 0.2) is 5.78 Å². The molecule has 0 heterocycles. The Kier molecular flexibility index (Phi) is 8.56. The maximum Gasteiger partial charge on any atom is 0.318 e. The second-order valence-corrected chi connectivity index (χ2v) is 6.94. The van der Waals surface area contributed by atoms with Gasteiger partial charge in [-0.15, -0.1) is 11.6 Å². The van der Waals surface area contributed by atoms with E-state index in [1.54, 1.807) is 6.92 Å². The molecule has 0 saturated heterocycles. The van der Waals surface area contributed by atoms with Gasteiger partial charge in [-0.1, -0.05) is 30.3 Å². The molecule has 140 valence electrons. The third kappa shape index (κ3) is 5.80. The average molecular weight is 371 g/mol. The highest BCUT2D eigenvalue weighted by Gasteiger charge is 2.44. The first-order valence-electron chi connectivity index (χ1n) is 8.28. The summed E-state index contributed by atoms with van der Waals surface area (Å²) in [7, 11) is 1.23. The molecule has 25 heavy (non-hydrogen) atoms. The smallest absolute Gasteiger partial charge is 0.318 e. The fourth-order valence-electron chi connectivity index (χ4n) is 2.62. The van der Waals surface area contributed by atoms with Gasteiger partial charge < -0.3 is 14.6 Å². The van der Waals surface area contributed by atoms with Gasteiger partial charge in [-0.05, 0) is 32.8 Å². The molecule has 0 amide bonds. The third-order valence-corrected chi connectivity index (χ3v) is 4.54. The average Bonchev–Trinajstić information content (AvgIpc) is 2.62. The standard InChI is InChI=1S/C19H27ClO5/c1-13(25-12-14-8-6-5-7-9-14)16(21)15(10-11-20)17(22)19(2,3)18(23)24-4/h5-9,13,15-16,21H,10-12H2,1-4H3/t13-,15+,16-/m0/s1. The van der Waals surface area contributed by atoms with Crippen LogP contribution < -0.4 is 0 Å². The van der Waals surface area contributed by atoms with Crippen molar-refractivity contribution in [2.24, 2.45) is 11.3 Å². The van der Waals surface area contributed by atoms with Gasteiger partial charge in [0, 0.05) is 11.8 Å². The number of carbonyl (C=O) groups excluding carboxylic acids is 2. The van der Waals surface area contributed by atoms with Crippen molar-refractivity contribution in [2.75, 3.05) is 13.0 Å². The first-order chi connectivity index (χ1) is 11.8. The quantitative estimate of drug-likeness (QED) is 0.389. The normalized spacial score (nSPS) is 15.3. The summed E-state index contributed by atoms with van der Waals surface area (Å²) in [5.74, 6) is -1.65. The van der Waals surface area contributed by atoms with Crippen molar-refractivity contribution in [3.8, 4) is 0 Å². The molecule has 0 spiro atoms. The van der Waals surface area contributed by atoms with Crippen LogP contribution in [0.2, 0.25) is 0 Å². The van der Waals surface area contributed by atoms with E-state index in [4.69, 9.17) is 21.1 Å². The van der Waals surface area contributed by atoms with Crippen molar-refractivity contribution < 1.29 is 24.2 Å². The van der Waals surface area contributed by atoms with E-state index in [-0.39, 0.29) is 12.3 Å². The van der Waals surface area contributed by atoms with Gasteiger partial charge in [-0.25, -0.2) is 0 Å². The molecule has 0 aromatic heterocycles. The van der Waals surface area contributed by atoms with E-state index in [2.05, 4.69) is 0 Å². The molecule has 0 aliphatic rings. The van der Waals surface area contributed by atoms with Crippen LogP contribution in [0.3, 0.4) is 0 Å². The number of halogens is 1. The SMILES string of the molecule is COC(=O)C(C)(C)C(=O)[C@H](CCCl)[C@@H](O)[C@H](C)OCc1ccccc1. The van der Waals surface area contributed by atoms with Crippen LogP contribution in [0.4, 0.5) is 0 Å². The largest absolute Gasteiger partial charge is 0.468 e. The second kappa shape index (κ2) is 9.90. The molecule has 0 radical (unpaired) electrons. The maximum atomic E-state index is 12.8. The van der Waals surface area contributed by atoms with Crippen LogP contribution in [0.25, 0.3) is 0 Å². The number of aliphatic hydroxyl groups is 1. The number of benzene rings is 1. The fourth-order valence-corrected chi connectivity index (χ4v) is 2.86. The summed E-state index contributed by atoms with van der Waals surface area (Å²) >= 11 is 5.81. The van der Waals surface area contributed by atoms with Gasteiger partial charge in [-0.2, -0.15) is 0 Å². The van der Waals surface area contributed by atoms with Crippen molar-refractivity contribution in [3.63, 3.8) is 0 Å². The predicted octanol–water partition coefficient (Wildman–Crippen LogP) is 2.97. The van der Waals surface area contributed by atoms with Crippen LogP contribution in [0.15, 0.2) is 30.3 Å². The van der Waals surface area contributed by atoms with Gasteiger partial charge in [0.05, 0.1) is 25.9 Å². The summed E-state index contributed by atoms with van der Waals surface area (Å²) in [6, 6.07) is 9.55. The van der Waals surface area contributed by atoms with Gasteiger partial charge >= 0.3 is 5.97 Å². The van der Waals surface area contributed by atoms with Gasteiger partial charge in [0.2, 0.25) is 0 Å². The van der Waals surface area contributed by atoms with Crippen LogP contribution in [0.5, 0.6) is 0 Å². The molecule has 0 aliphatic carbocycles. The Morgan fingerprint density at radius 2 is 1.84 bits per heavy atom. The monoisotopic (exact) mass is 370 g/mol. The highest BCUT2D eigenvalue weighted by Crippen LogP contribution is 2.29. The molecule has 1 aromatic rings. The van der Waals surface area contributed by atoms with Crippen molar-refractivity contribution >= 4 is 23.4 Å². The first-order valence-corrected chi connectivity index (χ1v) is 8.81. The number of rotatable bonds is 10. The topological polar surface area (TPSA) is 72.8 Å². The van der Waals surface area contributed by atoms with E-state index < -0.39 is 35.3 Å². The number of methoxy groups -OCH3 is 1. The van der Waals surface area contributed by atoms with Crippen LogP contribution >= 0.6 is 11.6 Å². The lowest BCUT2D eigenvalue weighted by molar-refractivity contribution is -0.160. The molecule has 1 aromatic carbocycles. The summed E-state index contributed by atoms with van der Waals surface area (Å²) in [5.41, 5.74) is -0.386. The number of ether oxygens (including phenoxy) is 2. The zero-order chi connectivity index (χ0) is 19.0. The molecular formula is C19H27ClO5. The minimum Gasteiger partial charge on any atom is -0.468 e. The van der Waals surface area contributed by atoms with Crippen LogP contribution in [-0.4, -0.2) is 42.1 Å². The highest BCUT2D eigenvalue weighted by molar-refractivity contribution is 6.18. The van der Waals surface area contributed by atoms with Crippen molar-refractivity contribution in [1.82, 2.24) is 0 Å². The van der Waals surface area contributed by atoms with E-state index >= 15 is 0 Å². The lowest BCUT2D eigenvalue weighted by Crippen LogP contribution is -2.46. The lowest BCUT2D eigenvalue weighted by atomic mass is 9.77. The number of aliphatic hydroxyl groups excluding tert-OH is 1. The summed E-state index contributed by atoms with van der Waals surface area (Å²) in [4.78, 5) is 24.7. The predicted molar refractivity (Wildman–Crippen MR) is 96.3 cm³/mol. The number of hydrogen-bond donors (Lipinski definition) is 1. The summed E-state index contributed by atoms with van der Waals surface area (Å²) in [6.07, 6.45) is -1.41. The number of esters is 1. The van der Waals surface area contributed by atoms with E-state index in [0.717, 1.165) is 5.56 Å². The molecule has 6 heteroatoms. The van der Waals surface area contributed by atoms with Crippen molar-refractivity contribution in [2.45, 2.75) is 46.0 Å². The second-order valence-electron chi connectivity index (χ2n) is 6.56. The Morgan fingerprint density at radius 3 is 2.36 bits per heavy atom. The molecule has 0 bridgehead atoms. The number of hydrogen-bond acceptors (Lipinski definition) is 5. The van der Waals surface area contributed by atoms with E-state index in [0.29, 0.717) is 6.61 Å². The Balaban J connectivity index is 2.82. The third-order valence-electron chi connectivity index (χ3n) is 4.32. The summed E-state index contributed by atoms with van der Waals surface area (Å²) in [6.45, 7) is 5.00. The fraction of sp³-hybridized carbons (Fsp3) is 0.579.